The molecule has 112 valence electrons. The highest BCUT2D eigenvalue weighted by atomic mass is 16.5. The quantitative estimate of drug-likeness (QED) is 0.767. The van der Waals surface area contributed by atoms with Crippen molar-refractivity contribution in [1.82, 2.24) is 5.32 Å². The van der Waals surface area contributed by atoms with E-state index in [1.54, 1.807) is 18.2 Å². The van der Waals surface area contributed by atoms with Crippen LogP contribution in [0.3, 0.4) is 0 Å². The molecule has 0 saturated carbocycles. The van der Waals surface area contributed by atoms with Crippen molar-refractivity contribution in [2.75, 3.05) is 13.7 Å². The van der Waals surface area contributed by atoms with Gasteiger partial charge in [0.05, 0.1) is 12.7 Å². The zero-order valence-corrected chi connectivity index (χ0v) is 12.6. The Morgan fingerprint density at radius 1 is 1.40 bits per heavy atom. The molecule has 0 bridgehead atoms. The maximum absolute atomic E-state index is 12.1. The van der Waals surface area contributed by atoms with E-state index >= 15 is 0 Å². The third-order valence-electron chi connectivity index (χ3n) is 3.56. The van der Waals surface area contributed by atoms with Crippen LogP contribution in [-0.2, 0) is 0 Å². The monoisotopic (exact) mass is 279 g/mol. The third kappa shape index (κ3) is 4.44. The summed E-state index contributed by atoms with van der Waals surface area (Å²) in [6, 6.07) is 4.92. The first-order valence-corrected chi connectivity index (χ1v) is 7.28. The summed E-state index contributed by atoms with van der Waals surface area (Å²) >= 11 is 0. The van der Waals surface area contributed by atoms with Crippen LogP contribution >= 0.6 is 0 Å². The number of hydrogen-bond donors (Lipinski definition) is 2. The largest absolute Gasteiger partial charge is 0.504 e. The molecule has 0 aliphatic rings. The number of carbonyl (C=O) groups is 1. The van der Waals surface area contributed by atoms with Crippen molar-refractivity contribution < 1.29 is 14.6 Å². The predicted octanol–water partition coefficient (Wildman–Crippen LogP) is 3.35. The number of phenols is 1. The molecule has 0 aromatic heterocycles. The van der Waals surface area contributed by atoms with Gasteiger partial charge in [-0.15, -0.1) is 0 Å². The van der Waals surface area contributed by atoms with E-state index in [9.17, 15) is 9.90 Å². The molecule has 0 fully saturated rings. The maximum Gasteiger partial charge on any atom is 0.255 e. The van der Waals surface area contributed by atoms with Crippen molar-refractivity contribution in [3.05, 3.63) is 23.8 Å². The molecule has 2 N–H and O–H groups in total. The number of para-hydroxylation sites is 1. The highest BCUT2D eigenvalue weighted by molar-refractivity contribution is 5.97. The summed E-state index contributed by atoms with van der Waals surface area (Å²) in [5.41, 5.74) is 0.259. The number of carbonyl (C=O) groups excluding carboxylic acids is 1. The molecule has 1 amide bonds. The van der Waals surface area contributed by atoms with E-state index in [1.165, 1.54) is 20.0 Å². The van der Waals surface area contributed by atoms with E-state index in [-0.39, 0.29) is 17.2 Å². The molecule has 1 aromatic rings. The smallest absolute Gasteiger partial charge is 0.255 e. The van der Waals surface area contributed by atoms with Crippen molar-refractivity contribution in [3.63, 3.8) is 0 Å². The number of amides is 1. The third-order valence-corrected chi connectivity index (χ3v) is 3.56. The number of phenolic OH excluding ortho intramolecular Hbond substituents is 1. The van der Waals surface area contributed by atoms with Crippen molar-refractivity contribution in [3.8, 4) is 11.5 Å². The van der Waals surface area contributed by atoms with Crippen molar-refractivity contribution >= 4 is 5.91 Å². The van der Waals surface area contributed by atoms with E-state index in [1.807, 2.05) is 0 Å². The number of rotatable bonds is 8. The number of aromatic hydroxyl groups is 1. The summed E-state index contributed by atoms with van der Waals surface area (Å²) in [6.45, 7) is 4.95. The Morgan fingerprint density at radius 3 is 2.75 bits per heavy atom. The molecule has 0 radical (unpaired) electrons. The fraction of sp³-hybridized carbons (Fsp3) is 0.562. The van der Waals surface area contributed by atoms with Gasteiger partial charge in [-0.05, 0) is 24.5 Å². The molecular weight excluding hydrogens is 254 g/mol. The summed E-state index contributed by atoms with van der Waals surface area (Å²) in [5, 5.41) is 12.8. The van der Waals surface area contributed by atoms with Gasteiger partial charge < -0.3 is 15.2 Å². The molecule has 0 aliphatic carbocycles. The molecule has 0 aliphatic heterocycles. The molecule has 0 heterocycles. The van der Waals surface area contributed by atoms with Gasteiger partial charge in [-0.2, -0.15) is 0 Å². The standard InChI is InChI=1S/C16H25NO3/c1-4-6-8-12(5-2)11-17-16(19)13-9-7-10-14(20-3)15(13)18/h7,9-10,12,18H,4-6,8,11H2,1-3H3,(H,17,19). The molecule has 1 rings (SSSR count). The van der Waals surface area contributed by atoms with Gasteiger partial charge in [0, 0.05) is 6.54 Å². The zero-order valence-electron chi connectivity index (χ0n) is 12.6. The lowest BCUT2D eigenvalue weighted by Crippen LogP contribution is -2.29. The Morgan fingerprint density at radius 2 is 2.15 bits per heavy atom. The van der Waals surface area contributed by atoms with E-state index in [2.05, 4.69) is 19.2 Å². The van der Waals surface area contributed by atoms with Crippen LogP contribution in [-0.4, -0.2) is 24.7 Å². The Labute approximate surface area is 121 Å². The van der Waals surface area contributed by atoms with E-state index < -0.39 is 0 Å². The van der Waals surface area contributed by atoms with Crippen molar-refractivity contribution in [2.45, 2.75) is 39.5 Å². The summed E-state index contributed by atoms with van der Waals surface area (Å²) in [5.74, 6) is 0.452. The highest BCUT2D eigenvalue weighted by Crippen LogP contribution is 2.29. The number of ether oxygens (including phenoxy) is 1. The summed E-state index contributed by atoms with van der Waals surface area (Å²) in [7, 11) is 1.47. The first-order valence-electron chi connectivity index (χ1n) is 7.28. The van der Waals surface area contributed by atoms with Crippen molar-refractivity contribution in [2.24, 2.45) is 5.92 Å². The van der Waals surface area contributed by atoms with Crippen LogP contribution in [0.2, 0.25) is 0 Å². The number of unbranched alkanes of at least 4 members (excludes halogenated alkanes) is 1. The molecule has 20 heavy (non-hydrogen) atoms. The van der Waals surface area contributed by atoms with Crippen LogP contribution in [0, 0.1) is 5.92 Å². The van der Waals surface area contributed by atoms with Gasteiger partial charge in [0.25, 0.3) is 5.91 Å². The fourth-order valence-electron chi connectivity index (χ4n) is 2.15. The molecule has 1 aromatic carbocycles. The van der Waals surface area contributed by atoms with Gasteiger partial charge in [0.15, 0.2) is 11.5 Å². The second-order valence-corrected chi connectivity index (χ2v) is 4.98. The fourth-order valence-corrected chi connectivity index (χ4v) is 2.15. The Kier molecular flexibility index (Phi) is 6.91. The first kappa shape index (κ1) is 16.3. The Bertz CT molecular complexity index is 432. The van der Waals surface area contributed by atoms with Gasteiger partial charge in [0.2, 0.25) is 0 Å². The Balaban J connectivity index is 2.62. The Hall–Kier alpha value is -1.71. The van der Waals surface area contributed by atoms with Gasteiger partial charge in [-0.1, -0.05) is 39.2 Å². The normalized spacial score (nSPS) is 11.9. The van der Waals surface area contributed by atoms with Crippen LogP contribution in [0.25, 0.3) is 0 Å². The van der Waals surface area contributed by atoms with Gasteiger partial charge in [-0.3, -0.25) is 4.79 Å². The average molecular weight is 279 g/mol. The first-order chi connectivity index (χ1) is 9.63. The average Bonchev–Trinajstić information content (AvgIpc) is 2.47. The summed E-state index contributed by atoms with van der Waals surface area (Å²) in [4.78, 5) is 12.1. The predicted molar refractivity (Wildman–Crippen MR) is 80.3 cm³/mol. The lowest BCUT2D eigenvalue weighted by atomic mass is 9.99. The number of methoxy groups -OCH3 is 1. The molecule has 1 atom stereocenters. The minimum Gasteiger partial charge on any atom is -0.504 e. The lowest BCUT2D eigenvalue weighted by Gasteiger charge is -2.16. The van der Waals surface area contributed by atoms with E-state index in [4.69, 9.17) is 4.74 Å². The minimum atomic E-state index is -0.253. The molecule has 4 heteroatoms. The van der Waals surface area contributed by atoms with Crippen LogP contribution < -0.4 is 10.1 Å². The summed E-state index contributed by atoms with van der Waals surface area (Å²) in [6.07, 6.45) is 4.52. The lowest BCUT2D eigenvalue weighted by molar-refractivity contribution is 0.0942. The van der Waals surface area contributed by atoms with E-state index in [0.29, 0.717) is 18.2 Å². The SMILES string of the molecule is CCCCC(CC)CNC(=O)c1cccc(OC)c1O. The molecular formula is C16H25NO3. The van der Waals surface area contributed by atoms with Crippen LogP contribution in [0.15, 0.2) is 18.2 Å². The zero-order chi connectivity index (χ0) is 15.0. The number of benzene rings is 1. The van der Waals surface area contributed by atoms with Crippen LogP contribution in [0.4, 0.5) is 0 Å². The van der Waals surface area contributed by atoms with E-state index in [0.717, 1.165) is 12.8 Å². The molecule has 4 nitrogen and oxygen atoms in total. The van der Waals surface area contributed by atoms with Crippen LogP contribution in [0.1, 0.15) is 49.9 Å². The second-order valence-electron chi connectivity index (χ2n) is 4.98. The minimum absolute atomic E-state index is 0.103. The second kappa shape index (κ2) is 8.46. The molecule has 0 saturated heterocycles. The number of hydrogen-bond acceptors (Lipinski definition) is 3. The van der Waals surface area contributed by atoms with Crippen LogP contribution in [0.5, 0.6) is 11.5 Å². The number of nitrogens with one attached hydrogen (secondary N) is 1. The van der Waals surface area contributed by atoms with Gasteiger partial charge in [-0.25, -0.2) is 0 Å². The molecule has 1 unspecified atom stereocenters. The van der Waals surface area contributed by atoms with Gasteiger partial charge >= 0.3 is 0 Å². The highest BCUT2D eigenvalue weighted by Gasteiger charge is 2.15. The summed E-state index contributed by atoms with van der Waals surface area (Å²) < 4.78 is 5.01. The topological polar surface area (TPSA) is 58.6 Å². The molecule has 0 spiro atoms. The van der Waals surface area contributed by atoms with Gasteiger partial charge in [0.1, 0.15) is 0 Å². The maximum atomic E-state index is 12.1. The van der Waals surface area contributed by atoms with Crippen molar-refractivity contribution in [1.29, 1.82) is 0 Å².